The summed E-state index contributed by atoms with van der Waals surface area (Å²) in [6.07, 6.45) is 11.4. The Balaban J connectivity index is 2.06. The fourth-order valence-electron chi connectivity index (χ4n) is 2.13. The number of alkyl halides is 1. The predicted molar refractivity (Wildman–Crippen MR) is 68.0 cm³/mol. The Morgan fingerprint density at radius 2 is 1.86 bits per heavy atom. The Kier molecular flexibility index (Phi) is 6.16. The van der Waals surface area contributed by atoms with Crippen molar-refractivity contribution in [3.05, 3.63) is 0 Å². The molecule has 1 fully saturated rings. The highest BCUT2D eigenvalue weighted by molar-refractivity contribution is 9.09. The molecule has 0 nitrogen and oxygen atoms in total. The third kappa shape index (κ3) is 4.82. The molecule has 0 bridgehead atoms. The quantitative estimate of drug-likeness (QED) is 0.529. The molecule has 1 rings (SSSR count). The van der Waals surface area contributed by atoms with Crippen LogP contribution in [-0.4, -0.2) is 4.83 Å². The van der Waals surface area contributed by atoms with Gasteiger partial charge in [0.2, 0.25) is 0 Å². The van der Waals surface area contributed by atoms with Crippen LogP contribution >= 0.6 is 15.9 Å². The largest absolute Gasteiger partial charge is 0.0888 e. The van der Waals surface area contributed by atoms with E-state index in [1.807, 2.05) is 0 Å². The first-order chi connectivity index (χ1) is 6.77. The van der Waals surface area contributed by atoms with E-state index in [1.54, 1.807) is 0 Å². The molecule has 0 N–H and O–H groups in total. The number of hydrogen-bond donors (Lipinski definition) is 0. The molecule has 0 aromatic heterocycles. The van der Waals surface area contributed by atoms with Crippen molar-refractivity contribution in [2.45, 2.75) is 70.0 Å². The van der Waals surface area contributed by atoms with Gasteiger partial charge >= 0.3 is 0 Å². The summed E-state index contributed by atoms with van der Waals surface area (Å²) in [5.41, 5.74) is 0. The van der Waals surface area contributed by atoms with E-state index in [0.29, 0.717) is 0 Å². The first-order valence-corrected chi connectivity index (χ1v) is 7.33. The highest BCUT2D eigenvalue weighted by Crippen LogP contribution is 2.39. The fourth-order valence-corrected chi connectivity index (χ4v) is 2.93. The van der Waals surface area contributed by atoms with Crippen LogP contribution in [0.4, 0.5) is 0 Å². The van der Waals surface area contributed by atoms with Crippen LogP contribution in [0.25, 0.3) is 0 Å². The lowest BCUT2D eigenvalue weighted by molar-refractivity contribution is 0.404. The van der Waals surface area contributed by atoms with Gasteiger partial charge in [0.05, 0.1) is 0 Å². The molecule has 0 spiro atoms. The molecule has 0 heterocycles. The van der Waals surface area contributed by atoms with Crippen LogP contribution < -0.4 is 0 Å². The maximum Gasteiger partial charge on any atom is 0.0174 e. The molecule has 1 heteroatoms. The number of rotatable bonds is 8. The van der Waals surface area contributed by atoms with Gasteiger partial charge < -0.3 is 0 Å². The predicted octanol–water partition coefficient (Wildman–Crippen LogP) is 5.16. The third-order valence-corrected chi connectivity index (χ3v) is 4.73. The summed E-state index contributed by atoms with van der Waals surface area (Å²) in [7, 11) is 0. The lowest BCUT2D eigenvalue weighted by atomic mass is 9.93. The van der Waals surface area contributed by atoms with Gasteiger partial charge in [-0.15, -0.1) is 0 Å². The van der Waals surface area contributed by atoms with Crippen LogP contribution in [-0.2, 0) is 0 Å². The van der Waals surface area contributed by atoms with Gasteiger partial charge in [-0.2, -0.15) is 0 Å². The monoisotopic (exact) mass is 260 g/mol. The van der Waals surface area contributed by atoms with E-state index in [0.717, 1.165) is 16.7 Å². The van der Waals surface area contributed by atoms with Gasteiger partial charge in [-0.1, -0.05) is 55.5 Å². The van der Waals surface area contributed by atoms with E-state index < -0.39 is 0 Å². The van der Waals surface area contributed by atoms with E-state index in [1.165, 1.54) is 51.4 Å². The Morgan fingerprint density at radius 1 is 1.14 bits per heavy atom. The Bertz CT molecular complexity index is 140. The summed E-state index contributed by atoms with van der Waals surface area (Å²) in [6.45, 7) is 4.64. The molecule has 1 aliphatic carbocycles. The summed E-state index contributed by atoms with van der Waals surface area (Å²) in [5, 5.41) is 0. The van der Waals surface area contributed by atoms with E-state index in [4.69, 9.17) is 0 Å². The normalized spacial score (nSPS) is 20.8. The van der Waals surface area contributed by atoms with Gasteiger partial charge in [0.1, 0.15) is 0 Å². The van der Waals surface area contributed by atoms with Crippen molar-refractivity contribution in [2.24, 2.45) is 11.8 Å². The summed E-state index contributed by atoms with van der Waals surface area (Å²) < 4.78 is 0. The van der Waals surface area contributed by atoms with E-state index in [9.17, 15) is 0 Å². The van der Waals surface area contributed by atoms with Crippen molar-refractivity contribution < 1.29 is 0 Å². The zero-order chi connectivity index (χ0) is 10.4. The van der Waals surface area contributed by atoms with Crippen molar-refractivity contribution in [2.75, 3.05) is 0 Å². The van der Waals surface area contributed by atoms with Crippen molar-refractivity contribution in [1.29, 1.82) is 0 Å². The standard InChI is InChI=1S/C13H25Br/c1-3-5-6-11(4-2)7-10-13(14)12-8-9-12/h11-13H,3-10H2,1-2H3. The lowest BCUT2D eigenvalue weighted by Crippen LogP contribution is -2.06. The summed E-state index contributed by atoms with van der Waals surface area (Å²) in [5.74, 6) is 2.02. The topological polar surface area (TPSA) is 0 Å². The molecule has 2 atom stereocenters. The van der Waals surface area contributed by atoms with E-state index >= 15 is 0 Å². The van der Waals surface area contributed by atoms with Crippen molar-refractivity contribution >= 4 is 15.9 Å². The second-order valence-corrected chi connectivity index (χ2v) is 6.02. The second-order valence-electron chi connectivity index (χ2n) is 4.85. The highest BCUT2D eigenvalue weighted by atomic mass is 79.9. The van der Waals surface area contributed by atoms with E-state index in [2.05, 4.69) is 29.8 Å². The van der Waals surface area contributed by atoms with Gasteiger partial charge in [0, 0.05) is 4.83 Å². The number of unbranched alkanes of at least 4 members (excludes halogenated alkanes) is 1. The Morgan fingerprint density at radius 3 is 2.36 bits per heavy atom. The Hall–Kier alpha value is 0.480. The summed E-state index contributed by atoms with van der Waals surface area (Å²) >= 11 is 3.83. The first kappa shape index (κ1) is 12.5. The van der Waals surface area contributed by atoms with Gasteiger partial charge in [-0.05, 0) is 37.5 Å². The molecule has 0 amide bonds. The van der Waals surface area contributed by atoms with Crippen LogP contribution in [0.1, 0.15) is 65.2 Å². The van der Waals surface area contributed by atoms with E-state index in [-0.39, 0.29) is 0 Å². The minimum atomic E-state index is 0.832. The van der Waals surface area contributed by atoms with Crippen LogP contribution in [0.15, 0.2) is 0 Å². The second kappa shape index (κ2) is 6.87. The zero-order valence-corrected chi connectivity index (χ0v) is 11.4. The minimum Gasteiger partial charge on any atom is -0.0888 e. The van der Waals surface area contributed by atoms with Crippen molar-refractivity contribution in [3.63, 3.8) is 0 Å². The smallest absolute Gasteiger partial charge is 0.0174 e. The molecule has 2 unspecified atom stereocenters. The van der Waals surface area contributed by atoms with Gasteiger partial charge in [-0.3, -0.25) is 0 Å². The average Bonchev–Trinajstić information content (AvgIpc) is 3.01. The molecular formula is C13H25Br. The van der Waals surface area contributed by atoms with Crippen LogP contribution in [0.3, 0.4) is 0 Å². The maximum absolute atomic E-state index is 3.83. The first-order valence-electron chi connectivity index (χ1n) is 6.42. The Labute approximate surface area is 98.0 Å². The molecule has 0 radical (unpaired) electrons. The fraction of sp³-hybridized carbons (Fsp3) is 1.00. The molecule has 0 aromatic carbocycles. The van der Waals surface area contributed by atoms with Gasteiger partial charge in [0.25, 0.3) is 0 Å². The van der Waals surface area contributed by atoms with Crippen molar-refractivity contribution in [3.8, 4) is 0 Å². The molecule has 1 aliphatic rings. The minimum absolute atomic E-state index is 0.832. The lowest BCUT2D eigenvalue weighted by Gasteiger charge is -2.16. The number of halogens is 1. The van der Waals surface area contributed by atoms with Gasteiger partial charge in [-0.25, -0.2) is 0 Å². The molecule has 84 valence electrons. The SMILES string of the molecule is CCCCC(CC)CCC(Br)C1CC1. The van der Waals surface area contributed by atoms with Crippen LogP contribution in [0, 0.1) is 11.8 Å². The summed E-state index contributed by atoms with van der Waals surface area (Å²) in [6, 6.07) is 0. The van der Waals surface area contributed by atoms with Crippen LogP contribution in [0.2, 0.25) is 0 Å². The summed E-state index contributed by atoms with van der Waals surface area (Å²) in [4.78, 5) is 0.832. The molecule has 14 heavy (non-hydrogen) atoms. The molecule has 1 saturated carbocycles. The maximum atomic E-state index is 3.83. The zero-order valence-electron chi connectivity index (χ0n) is 9.77. The highest BCUT2D eigenvalue weighted by Gasteiger charge is 2.29. The molecule has 0 aliphatic heterocycles. The third-order valence-electron chi connectivity index (χ3n) is 3.53. The molecule has 0 saturated heterocycles. The van der Waals surface area contributed by atoms with Crippen molar-refractivity contribution in [1.82, 2.24) is 0 Å². The average molecular weight is 261 g/mol. The molecule has 0 aromatic rings. The van der Waals surface area contributed by atoms with Crippen LogP contribution in [0.5, 0.6) is 0 Å². The van der Waals surface area contributed by atoms with Gasteiger partial charge in [0.15, 0.2) is 0 Å². The molecular weight excluding hydrogens is 236 g/mol. The number of hydrogen-bond acceptors (Lipinski definition) is 0.